The summed E-state index contributed by atoms with van der Waals surface area (Å²) in [5, 5.41) is 2.88. The Hall–Kier alpha value is -1.91. The average molecular weight is 337 g/mol. The van der Waals surface area contributed by atoms with Gasteiger partial charge in [-0.1, -0.05) is 56.3 Å². The van der Waals surface area contributed by atoms with E-state index in [-0.39, 0.29) is 29.5 Å². The lowest BCUT2D eigenvalue weighted by Crippen LogP contribution is -2.41. The predicted octanol–water partition coefficient (Wildman–Crippen LogP) is 3.34. The SMILES string of the molecule is CC(C)(CNC(=O)C(N)c1ccccc1)c1ccc(F)cc1.Cl. The van der Waals surface area contributed by atoms with Crippen LogP contribution in [0.5, 0.6) is 0 Å². The molecule has 1 unspecified atom stereocenters. The van der Waals surface area contributed by atoms with Crippen molar-refractivity contribution in [3.8, 4) is 0 Å². The third kappa shape index (κ3) is 5.05. The molecule has 0 aliphatic carbocycles. The zero-order valence-corrected chi connectivity index (χ0v) is 14.1. The summed E-state index contributed by atoms with van der Waals surface area (Å²) >= 11 is 0. The van der Waals surface area contributed by atoms with E-state index >= 15 is 0 Å². The van der Waals surface area contributed by atoms with Crippen molar-refractivity contribution in [1.82, 2.24) is 5.32 Å². The second-order valence-electron chi connectivity index (χ2n) is 6.00. The van der Waals surface area contributed by atoms with Gasteiger partial charge in [0.25, 0.3) is 0 Å². The molecule has 1 amide bonds. The van der Waals surface area contributed by atoms with Crippen molar-refractivity contribution < 1.29 is 9.18 Å². The molecule has 2 aromatic carbocycles. The third-order valence-electron chi connectivity index (χ3n) is 3.77. The molecule has 5 heteroatoms. The number of carbonyl (C=O) groups excluding carboxylic acids is 1. The topological polar surface area (TPSA) is 55.1 Å². The molecule has 0 bridgehead atoms. The van der Waals surface area contributed by atoms with Crippen LogP contribution in [0.25, 0.3) is 0 Å². The summed E-state index contributed by atoms with van der Waals surface area (Å²) in [5.74, 6) is -0.490. The number of nitrogens with one attached hydrogen (secondary N) is 1. The number of rotatable bonds is 5. The van der Waals surface area contributed by atoms with Gasteiger partial charge < -0.3 is 11.1 Å². The fraction of sp³-hybridized carbons (Fsp3) is 0.278. The highest BCUT2D eigenvalue weighted by Crippen LogP contribution is 2.22. The van der Waals surface area contributed by atoms with Crippen LogP contribution in [-0.2, 0) is 10.2 Å². The normalized spacial score (nSPS) is 12.2. The van der Waals surface area contributed by atoms with E-state index in [9.17, 15) is 9.18 Å². The number of benzene rings is 2. The van der Waals surface area contributed by atoms with Crippen LogP contribution in [0.15, 0.2) is 54.6 Å². The van der Waals surface area contributed by atoms with Crippen molar-refractivity contribution >= 4 is 18.3 Å². The Kier molecular flexibility index (Phi) is 6.73. The van der Waals surface area contributed by atoms with Crippen LogP contribution in [0.1, 0.15) is 31.0 Å². The Labute approximate surface area is 142 Å². The van der Waals surface area contributed by atoms with E-state index in [1.165, 1.54) is 12.1 Å². The molecular weight excluding hydrogens is 315 g/mol. The van der Waals surface area contributed by atoms with E-state index in [1.54, 1.807) is 12.1 Å². The molecule has 0 saturated heterocycles. The third-order valence-corrected chi connectivity index (χ3v) is 3.77. The zero-order chi connectivity index (χ0) is 16.2. The molecule has 2 rings (SSSR count). The highest BCUT2D eigenvalue weighted by Gasteiger charge is 2.23. The second-order valence-corrected chi connectivity index (χ2v) is 6.00. The van der Waals surface area contributed by atoms with Crippen LogP contribution >= 0.6 is 12.4 Å². The maximum atomic E-state index is 13.0. The van der Waals surface area contributed by atoms with E-state index in [2.05, 4.69) is 5.32 Å². The summed E-state index contributed by atoms with van der Waals surface area (Å²) in [6.07, 6.45) is 0. The number of amides is 1. The summed E-state index contributed by atoms with van der Waals surface area (Å²) in [5.41, 5.74) is 7.40. The van der Waals surface area contributed by atoms with E-state index in [4.69, 9.17) is 5.73 Å². The average Bonchev–Trinajstić information content (AvgIpc) is 2.53. The summed E-state index contributed by atoms with van der Waals surface area (Å²) in [7, 11) is 0. The van der Waals surface area contributed by atoms with Crippen molar-refractivity contribution in [3.63, 3.8) is 0 Å². The fourth-order valence-electron chi connectivity index (χ4n) is 2.23. The van der Waals surface area contributed by atoms with Crippen LogP contribution in [0, 0.1) is 5.82 Å². The Morgan fingerprint density at radius 1 is 1.13 bits per heavy atom. The van der Waals surface area contributed by atoms with Crippen molar-refractivity contribution in [3.05, 3.63) is 71.5 Å². The summed E-state index contributed by atoms with van der Waals surface area (Å²) in [4.78, 5) is 12.2. The molecule has 0 aliphatic heterocycles. The largest absolute Gasteiger partial charge is 0.354 e. The minimum Gasteiger partial charge on any atom is -0.354 e. The first kappa shape index (κ1) is 19.1. The quantitative estimate of drug-likeness (QED) is 0.879. The van der Waals surface area contributed by atoms with Crippen molar-refractivity contribution in [2.24, 2.45) is 5.73 Å². The Balaban J connectivity index is 0.00000264. The maximum Gasteiger partial charge on any atom is 0.241 e. The number of halogens is 2. The first-order valence-electron chi connectivity index (χ1n) is 7.24. The van der Waals surface area contributed by atoms with Gasteiger partial charge in [0.1, 0.15) is 11.9 Å². The molecule has 1 atom stereocenters. The Bertz CT molecular complexity index is 629. The molecule has 0 spiro atoms. The molecule has 0 heterocycles. The van der Waals surface area contributed by atoms with Gasteiger partial charge in [0.15, 0.2) is 0 Å². The van der Waals surface area contributed by atoms with Crippen LogP contribution in [0.2, 0.25) is 0 Å². The van der Waals surface area contributed by atoms with Gasteiger partial charge in [-0.15, -0.1) is 12.4 Å². The first-order valence-corrected chi connectivity index (χ1v) is 7.24. The van der Waals surface area contributed by atoms with Gasteiger partial charge >= 0.3 is 0 Å². The molecule has 3 N–H and O–H groups in total. The molecule has 124 valence electrons. The van der Waals surface area contributed by atoms with Gasteiger partial charge in [-0.2, -0.15) is 0 Å². The lowest BCUT2D eigenvalue weighted by molar-refractivity contribution is -0.122. The maximum absolute atomic E-state index is 13.0. The standard InChI is InChI=1S/C18H21FN2O.ClH/c1-18(2,14-8-10-15(19)11-9-14)12-21-17(22)16(20)13-6-4-3-5-7-13;/h3-11,16H,12,20H2,1-2H3,(H,21,22);1H. The zero-order valence-electron chi connectivity index (χ0n) is 13.3. The monoisotopic (exact) mass is 336 g/mol. The van der Waals surface area contributed by atoms with Gasteiger partial charge in [0, 0.05) is 12.0 Å². The van der Waals surface area contributed by atoms with Gasteiger partial charge in [-0.25, -0.2) is 4.39 Å². The highest BCUT2D eigenvalue weighted by atomic mass is 35.5. The number of carbonyl (C=O) groups is 1. The molecule has 0 radical (unpaired) electrons. The lowest BCUT2D eigenvalue weighted by Gasteiger charge is -2.26. The van der Waals surface area contributed by atoms with Gasteiger partial charge in [-0.05, 0) is 23.3 Å². The number of nitrogens with two attached hydrogens (primary N) is 1. The number of hydrogen-bond acceptors (Lipinski definition) is 2. The van der Waals surface area contributed by atoms with Crippen molar-refractivity contribution in [2.45, 2.75) is 25.3 Å². The van der Waals surface area contributed by atoms with E-state index in [1.807, 2.05) is 44.2 Å². The van der Waals surface area contributed by atoms with Crippen molar-refractivity contribution in [2.75, 3.05) is 6.54 Å². The molecule has 0 aliphatic rings. The highest BCUT2D eigenvalue weighted by molar-refractivity contribution is 5.85. The number of hydrogen-bond donors (Lipinski definition) is 2. The van der Waals surface area contributed by atoms with Crippen LogP contribution in [-0.4, -0.2) is 12.5 Å². The minimum atomic E-state index is -0.690. The molecule has 2 aromatic rings. The van der Waals surface area contributed by atoms with Gasteiger partial charge in [0.2, 0.25) is 5.91 Å². The van der Waals surface area contributed by atoms with Crippen LogP contribution < -0.4 is 11.1 Å². The molecule has 3 nitrogen and oxygen atoms in total. The summed E-state index contributed by atoms with van der Waals surface area (Å²) in [6, 6.07) is 14.9. The van der Waals surface area contributed by atoms with E-state index < -0.39 is 6.04 Å². The Morgan fingerprint density at radius 2 is 1.70 bits per heavy atom. The molecule has 0 fully saturated rings. The molecule has 0 aromatic heterocycles. The minimum absolute atomic E-state index is 0. The predicted molar refractivity (Wildman–Crippen MR) is 93.1 cm³/mol. The van der Waals surface area contributed by atoms with Crippen LogP contribution in [0.4, 0.5) is 4.39 Å². The van der Waals surface area contributed by atoms with E-state index in [0.29, 0.717) is 6.54 Å². The fourth-order valence-corrected chi connectivity index (χ4v) is 2.23. The molecular formula is C18H22ClFN2O. The molecule has 0 saturated carbocycles. The van der Waals surface area contributed by atoms with Gasteiger partial charge in [0.05, 0.1) is 0 Å². The van der Waals surface area contributed by atoms with E-state index in [0.717, 1.165) is 11.1 Å². The van der Waals surface area contributed by atoms with Crippen LogP contribution in [0.3, 0.4) is 0 Å². The second kappa shape index (κ2) is 8.09. The summed E-state index contributed by atoms with van der Waals surface area (Å²) < 4.78 is 13.0. The first-order chi connectivity index (χ1) is 10.4. The van der Waals surface area contributed by atoms with Gasteiger partial charge in [-0.3, -0.25) is 4.79 Å². The smallest absolute Gasteiger partial charge is 0.241 e. The lowest BCUT2D eigenvalue weighted by atomic mass is 9.84. The molecule has 23 heavy (non-hydrogen) atoms. The Morgan fingerprint density at radius 3 is 2.26 bits per heavy atom. The summed E-state index contributed by atoms with van der Waals surface area (Å²) in [6.45, 7) is 4.42. The van der Waals surface area contributed by atoms with Crippen molar-refractivity contribution in [1.29, 1.82) is 0 Å².